The highest BCUT2D eigenvalue weighted by Crippen LogP contribution is 2.48. The second-order valence-corrected chi connectivity index (χ2v) is 5.80. The van der Waals surface area contributed by atoms with E-state index in [2.05, 4.69) is 6.92 Å². The van der Waals surface area contributed by atoms with Crippen LogP contribution in [-0.4, -0.2) is 48.9 Å². The van der Waals surface area contributed by atoms with Crippen LogP contribution in [0.15, 0.2) is 11.1 Å². The molecule has 0 aromatic rings. The van der Waals surface area contributed by atoms with Crippen molar-refractivity contribution in [1.29, 1.82) is 0 Å². The molecule has 2 rings (SSSR count). The molecule has 0 radical (unpaired) electrons. The lowest BCUT2D eigenvalue weighted by molar-refractivity contribution is -0.186. The van der Waals surface area contributed by atoms with Crippen LogP contribution in [0.2, 0.25) is 0 Å². The average molecular weight is 259 g/mol. The fraction of sp³-hybridized carbons (Fsp3) is 0.727. The fourth-order valence-corrected chi connectivity index (χ4v) is 3.39. The van der Waals surface area contributed by atoms with Gasteiger partial charge in [-0.2, -0.15) is 0 Å². The third-order valence-electron chi connectivity index (χ3n) is 2.79. The summed E-state index contributed by atoms with van der Waals surface area (Å²) >= 11 is 1.60. The average Bonchev–Trinajstić information content (AvgIpc) is 2.51. The molecule has 2 heterocycles. The van der Waals surface area contributed by atoms with Gasteiger partial charge in [0, 0.05) is 7.05 Å². The Balaban J connectivity index is 2.14. The summed E-state index contributed by atoms with van der Waals surface area (Å²) in [5.74, 6) is -0.315. The Labute approximate surface area is 105 Å². The largest absolute Gasteiger partial charge is 0.463 e. The molecule has 0 aromatic heterocycles. The van der Waals surface area contributed by atoms with E-state index < -0.39 is 0 Å². The molecule has 0 N–H and O–H groups in total. The highest BCUT2D eigenvalue weighted by molar-refractivity contribution is 8.04. The van der Waals surface area contributed by atoms with Crippen LogP contribution >= 0.6 is 11.8 Å². The topological polar surface area (TPSA) is 48.0 Å². The Kier molecular flexibility index (Phi) is 3.65. The Morgan fingerprint density at radius 1 is 1.76 bits per heavy atom. The Morgan fingerprint density at radius 2 is 2.53 bits per heavy atom. The number of carbonyl (C=O) groups excluding carboxylic acids is 1. The number of hydrogen-bond donors (Lipinski definition) is 0. The monoisotopic (exact) mass is 259 g/mol. The van der Waals surface area contributed by atoms with Gasteiger partial charge in [0.15, 0.2) is 0 Å². The minimum atomic E-state index is -0.315. The predicted octanol–water partition coefficient (Wildman–Crippen LogP) is 1.16. The molecule has 0 unspecified atom stereocenters. The van der Waals surface area contributed by atoms with Gasteiger partial charge in [-0.1, -0.05) is 11.8 Å². The van der Waals surface area contributed by atoms with E-state index in [4.69, 9.17) is 14.2 Å². The molecule has 0 aliphatic carbocycles. The molecule has 6 heteroatoms. The highest BCUT2D eigenvalue weighted by Gasteiger charge is 2.49. The molecule has 96 valence electrons. The lowest BCUT2D eigenvalue weighted by atomic mass is 10.1. The molecule has 2 atom stereocenters. The third-order valence-corrected chi connectivity index (χ3v) is 4.19. The van der Waals surface area contributed by atoms with Gasteiger partial charge in [-0.05, 0) is 13.8 Å². The van der Waals surface area contributed by atoms with Crippen molar-refractivity contribution >= 4 is 17.7 Å². The first-order chi connectivity index (χ1) is 8.07. The maximum absolute atomic E-state index is 11.4. The first-order valence-electron chi connectivity index (χ1n) is 5.56. The van der Waals surface area contributed by atoms with E-state index in [-0.39, 0.29) is 16.9 Å². The van der Waals surface area contributed by atoms with Gasteiger partial charge < -0.3 is 19.1 Å². The van der Waals surface area contributed by atoms with E-state index in [0.29, 0.717) is 20.0 Å². The van der Waals surface area contributed by atoms with Gasteiger partial charge in [0.2, 0.25) is 0 Å². The first-order valence-corrected chi connectivity index (χ1v) is 6.38. The van der Waals surface area contributed by atoms with Gasteiger partial charge in [0.1, 0.15) is 13.0 Å². The van der Waals surface area contributed by atoms with Gasteiger partial charge in [-0.3, -0.25) is 0 Å². The summed E-state index contributed by atoms with van der Waals surface area (Å²) in [4.78, 5) is 13.4. The van der Waals surface area contributed by atoms with Crippen molar-refractivity contribution in [3.05, 3.63) is 11.1 Å². The molecule has 0 aromatic carbocycles. The molecule has 2 fully saturated rings. The van der Waals surface area contributed by atoms with Crippen molar-refractivity contribution in [2.75, 3.05) is 27.1 Å². The SMILES string of the molecule is CCOC(=O)/C=C1\S[C@]2(C)COCO[C@@H]2N1C. The molecule has 2 aliphatic heterocycles. The van der Waals surface area contributed by atoms with E-state index in [1.54, 1.807) is 18.7 Å². The predicted molar refractivity (Wildman–Crippen MR) is 64.2 cm³/mol. The van der Waals surface area contributed by atoms with Crippen LogP contribution in [0.1, 0.15) is 13.8 Å². The summed E-state index contributed by atoms with van der Waals surface area (Å²) in [7, 11) is 1.92. The van der Waals surface area contributed by atoms with Gasteiger partial charge >= 0.3 is 5.97 Å². The summed E-state index contributed by atoms with van der Waals surface area (Å²) in [6.07, 6.45) is 1.46. The Bertz CT molecular complexity index is 346. The van der Waals surface area contributed by atoms with Crippen molar-refractivity contribution < 1.29 is 19.0 Å². The second-order valence-electron chi connectivity index (χ2n) is 4.25. The molecule has 5 nitrogen and oxygen atoms in total. The summed E-state index contributed by atoms with van der Waals surface area (Å²) in [6.45, 7) is 5.17. The smallest absolute Gasteiger partial charge is 0.333 e. The van der Waals surface area contributed by atoms with Crippen molar-refractivity contribution in [1.82, 2.24) is 4.90 Å². The van der Waals surface area contributed by atoms with Gasteiger partial charge in [0.25, 0.3) is 0 Å². The quantitative estimate of drug-likeness (QED) is 0.548. The number of esters is 1. The molecule has 2 aliphatic rings. The summed E-state index contributed by atoms with van der Waals surface area (Å²) in [6, 6.07) is 0. The van der Waals surface area contributed by atoms with Gasteiger partial charge in [-0.25, -0.2) is 4.79 Å². The second kappa shape index (κ2) is 4.88. The number of carbonyl (C=O) groups is 1. The van der Waals surface area contributed by atoms with Crippen LogP contribution in [0, 0.1) is 0 Å². The standard InChI is InChI=1S/C11H17NO4S/c1-4-15-9(13)5-8-12(3)10-11(2,17-8)6-14-7-16-10/h5,10H,4,6-7H2,1-3H3/b8-5-/t10-,11+/m0/s1. The maximum Gasteiger partial charge on any atom is 0.333 e. The summed E-state index contributed by atoms with van der Waals surface area (Å²) in [5.41, 5.74) is 0. The van der Waals surface area contributed by atoms with Gasteiger partial charge in [0.05, 0.1) is 29.1 Å². The molecule has 0 amide bonds. The number of nitrogens with zero attached hydrogens (tertiary/aromatic N) is 1. The highest BCUT2D eigenvalue weighted by atomic mass is 32.2. The molecule has 0 saturated carbocycles. The molecule has 0 spiro atoms. The zero-order chi connectivity index (χ0) is 12.5. The van der Waals surface area contributed by atoms with Crippen molar-refractivity contribution in [2.24, 2.45) is 0 Å². The van der Waals surface area contributed by atoms with Crippen LogP contribution in [-0.2, 0) is 19.0 Å². The minimum absolute atomic E-state index is 0.0538. The fourth-order valence-electron chi connectivity index (χ4n) is 2.05. The Morgan fingerprint density at radius 3 is 3.18 bits per heavy atom. The first kappa shape index (κ1) is 12.7. The van der Waals surface area contributed by atoms with Crippen LogP contribution in [0.25, 0.3) is 0 Å². The van der Waals surface area contributed by atoms with Crippen LogP contribution in [0.5, 0.6) is 0 Å². The van der Waals surface area contributed by atoms with Gasteiger partial charge in [-0.15, -0.1) is 0 Å². The molecular formula is C11H17NO4S. The van der Waals surface area contributed by atoms with Crippen LogP contribution in [0.3, 0.4) is 0 Å². The van der Waals surface area contributed by atoms with Crippen LogP contribution in [0.4, 0.5) is 0 Å². The molecule has 17 heavy (non-hydrogen) atoms. The van der Waals surface area contributed by atoms with E-state index >= 15 is 0 Å². The summed E-state index contributed by atoms with van der Waals surface area (Å²) < 4.78 is 15.7. The summed E-state index contributed by atoms with van der Waals surface area (Å²) in [5, 5.41) is 0.862. The van der Waals surface area contributed by atoms with E-state index in [1.807, 2.05) is 11.9 Å². The van der Waals surface area contributed by atoms with E-state index in [1.165, 1.54) is 6.08 Å². The number of hydrogen-bond acceptors (Lipinski definition) is 6. The number of rotatable bonds is 2. The number of thioether (sulfide) groups is 1. The number of fused-ring (bicyclic) bond motifs is 1. The lowest BCUT2D eigenvalue weighted by Crippen LogP contribution is -2.49. The van der Waals surface area contributed by atoms with E-state index in [0.717, 1.165) is 5.03 Å². The van der Waals surface area contributed by atoms with Crippen LogP contribution < -0.4 is 0 Å². The number of ether oxygens (including phenoxy) is 3. The van der Waals surface area contributed by atoms with E-state index in [9.17, 15) is 4.79 Å². The maximum atomic E-state index is 11.4. The Hall–Kier alpha value is -0.720. The van der Waals surface area contributed by atoms with Crippen molar-refractivity contribution in [2.45, 2.75) is 24.8 Å². The van der Waals surface area contributed by atoms with Crippen molar-refractivity contribution in [3.8, 4) is 0 Å². The minimum Gasteiger partial charge on any atom is -0.463 e. The zero-order valence-electron chi connectivity index (χ0n) is 10.3. The molecular weight excluding hydrogens is 242 g/mol. The van der Waals surface area contributed by atoms with Crippen molar-refractivity contribution in [3.63, 3.8) is 0 Å². The third kappa shape index (κ3) is 2.43. The molecule has 0 bridgehead atoms. The zero-order valence-corrected chi connectivity index (χ0v) is 11.1. The lowest BCUT2D eigenvalue weighted by Gasteiger charge is -2.36. The molecule has 2 saturated heterocycles. The normalized spacial score (nSPS) is 34.9.